The zero-order valence-electron chi connectivity index (χ0n) is 5.52. The molecule has 1 heterocycles. The summed E-state index contributed by atoms with van der Waals surface area (Å²) in [4.78, 5) is 0. The molecule has 0 saturated carbocycles. The van der Waals surface area contributed by atoms with Gasteiger partial charge in [0.05, 0.1) is 11.0 Å². The maximum absolute atomic E-state index is 4.17. The van der Waals surface area contributed by atoms with Gasteiger partial charge in [-0.2, -0.15) is 5.10 Å². The van der Waals surface area contributed by atoms with Crippen LogP contribution in [-0.2, 0) is 6.54 Å². The Bertz CT molecular complexity index is 280. The lowest BCUT2D eigenvalue weighted by Gasteiger charge is -1.95. The van der Waals surface area contributed by atoms with Gasteiger partial charge in [-0.1, -0.05) is 6.08 Å². The predicted octanol–water partition coefficient (Wildman–Crippen LogP) is 3.36. The lowest BCUT2D eigenvalue weighted by Crippen LogP contribution is -1.96. The van der Waals surface area contributed by atoms with Crippen LogP contribution in [0.3, 0.4) is 0 Å². The van der Waals surface area contributed by atoms with Crippen LogP contribution in [0.4, 0.5) is 0 Å². The van der Waals surface area contributed by atoms with Gasteiger partial charge in [0.25, 0.3) is 0 Å². The molecule has 11 heavy (non-hydrogen) atoms. The monoisotopic (exact) mass is 342 g/mol. The first-order chi connectivity index (χ1) is 5.16. The van der Waals surface area contributed by atoms with Crippen LogP contribution in [0.2, 0.25) is 0 Å². The largest absolute Gasteiger partial charge is 0.252 e. The lowest BCUT2D eigenvalue weighted by molar-refractivity contribution is 0.681. The van der Waals surface area contributed by atoms with E-state index in [9.17, 15) is 0 Å². The van der Waals surface area contributed by atoms with Gasteiger partial charge >= 0.3 is 0 Å². The Kier molecular flexibility index (Phi) is 3.33. The highest BCUT2D eigenvalue weighted by molar-refractivity contribution is 9.14. The summed E-state index contributed by atoms with van der Waals surface area (Å²) in [7, 11) is 0. The van der Waals surface area contributed by atoms with Gasteiger partial charge in [0.1, 0.15) is 9.21 Å². The Labute approximate surface area is 90.0 Å². The minimum Gasteiger partial charge on any atom is -0.252 e. The Morgan fingerprint density at radius 2 is 2.09 bits per heavy atom. The fourth-order valence-corrected chi connectivity index (χ4v) is 1.98. The van der Waals surface area contributed by atoms with Gasteiger partial charge in [-0.3, -0.25) is 4.68 Å². The van der Waals surface area contributed by atoms with E-state index in [-0.39, 0.29) is 0 Å². The van der Waals surface area contributed by atoms with Crippen molar-refractivity contribution >= 4 is 47.8 Å². The quantitative estimate of drug-likeness (QED) is 0.752. The highest BCUT2D eigenvalue weighted by atomic mass is 79.9. The molecule has 0 spiro atoms. The number of hydrogen-bond acceptors (Lipinski definition) is 1. The first-order valence-corrected chi connectivity index (χ1v) is 5.23. The summed E-state index contributed by atoms with van der Waals surface area (Å²) in [5.74, 6) is 0. The third-order valence-corrected chi connectivity index (χ3v) is 4.28. The van der Waals surface area contributed by atoms with Crippen molar-refractivity contribution in [3.8, 4) is 0 Å². The minimum atomic E-state index is 0.699. The molecule has 0 bridgehead atoms. The van der Waals surface area contributed by atoms with Gasteiger partial charge in [-0.25, -0.2) is 0 Å². The van der Waals surface area contributed by atoms with E-state index < -0.39 is 0 Å². The zero-order valence-corrected chi connectivity index (χ0v) is 10.3. The highest BCUT2D eigenvalue weighted by Crippen LogP contribution is 2.30. The van der Waals surface area contributed by atoms with Crippen molar-refractivity contribution in [3.63, 3.8) is 0 Å². The van der Waals surface area contributed by atoms with Crippen molar-refractivity contribution in [2.24, 2.45) is 0 Å². The maximum Gasteiger partial charge on any atom is 0.143 e. The second kappa shape index (κ2) is 3.87. The smallest absolute Gasteiger partial charge is 0.143 e. The Morgan fingerprint density at radius 1 is 1.45 bits per heavy atom. The van der Waals surface area contributed by atoms with Crippen molar-refractivity contribution in [3.05, 3.63) is 26.3 Å². The van der Waals surface area contributed by atoms with E-state index in [0.717, 1.165) is 13.7 Å². The topological polar surface area (TPSA) is 17.8 Å². The maximum atomic E-state index is 4.17. The summed E-state index contributed by atoms with van der Waals surface area (Å²) in [5, 5.41) is 4.17. The van der Waals surface area contributed by atoms with Gasteiger partial charge < -0.3 is 0 Å². The molecule has 1 rings (SSSR count). The molecule has 2 nitrogen and oxygen atoms in total. The molecule has 1 aromatic rings. The van der Waals surface area contributed by atoms with E-state index >= 15 is 0 Å². The van der Waals surface area contributed by atoms with Crippen LogP contribution in [-0.4, -0.2) is 9.78 Å². The van der Waals surface area contributed by atoms with Crippen LogP contribution in [0.1, 0.15) is 0 Å². The summed E-state index contributed by atoms with van der Waals surface area (Å²) in [5.41, 5.74) is 0. The van der Waals surface area contributed by atoms with Crippen LogP contribution in [0.5, 0.6) is 0 Å². The average Bonchev–Trinajstić information content (AvgIpc) is 2.19. The number of aromatic nitrogens is 2. The van der Waals surface area contributed by atoms with Crippen molar-refractivity contribution < 1.29 is 0 Å². The Hall–Kier alpha value is 0.390. The summed E-state index contributed by atoms with van der Waals surface area (Å²) >= 11 is 10.0. The fourth-order valence-electron chi connectivity index (χ4n) is 0.635. The van der Waals surface area contributed by atoms with Crippen LogP contribution in [0.15, 0.2) is 26.3 Å². The van der Waals surface area contributed by atoms with Gasteiger partial charge in [-0.15, -0.1) is 6.58 Å². The fraction of sp³-hybridized carbons (Fsp3) is 0.167. The number of hydrogen-bond donors (Lipinski definition) is 0. The summed E-state index contributed by atoms with van der Waals surface area (Å²) < 4.78 is 4.44. The normalized spacial score (nSPS) is 10.1. The van der Waals surface area contributed by atoms with E-state index in [1.54, 1.807) is 10.8 Å². The molecule has 0 fully saturated rings. The van der Waals surface area contributed by atoms with E-state index in [1.807, 2.05) is 0 Å². The molecule has 60 valence electrons. The molecular weight excluding hydrogens is 340 g/mol. The van der Waals surface area contributed by atoms with E-state index in [1.165, 1.54) is 0 Å². The predicted molar refractivity (Wildman–Crippen MR) is 55.5 cm³/mol. The summed E-state index contributed by atoms with van der Waals surface area (Å²) in [6.07, 6.45) is 1.79. The van der Waals surface area contributed by atoms with Crippen molar-refractivity contribution in [2.45, 2.75) is 6.54 Å². The Balaban J connectivity index is 3.07. The highest BCUT2D eigenvalue weighted by Gasteiger charge is 2.09. The molecule has 5 heteroatoms. The summed E-state index contributed by atoms with van der Waals surface area (Å²) in [6, 6.07) is 0. The standard InChI is InChI=1S/C6H5Br3N2/c1-2-3-11-6(9)4(7)5(8)10-11/h2H,1,3H2. The molecule has 0 amide bonds. The third kappa shape index (κ3) is 1.95. The number of halogens is 3. The molecule has 0 aliphatic heterocycles. The molecule has 0 aliphatic rings. The number of rotatable bonds is 2. The summed E-state index contributed by atoms with van der Waals surface area (Å²) in [6.45, 7) is 4.32. The molecule has 0 atom stereocenters. The Morgan fingerprint density at radius 3 is 2.45 bits per heavy atom. The molecule has 0 unspecified atom stereocenters. The van der Waals surface area contributed by atoms with Crippen LogP contribution in [0, 0.1) is 0 Å². The molecule has 0 aromatic carbocycles. The molecule has 0 radical (unpaired) electrons. The first-order valence-electron chi connectivity index (χ1n) is 2.85. The van der Waals surface area contributed by atoms with E-state index in [2.05, 4.69) is 59.5 Å². The molecule has 0 aliphatic carbocycles. The zero-order chi connectivity index (χ0) is 8.43. The second-order valence-electron chi connectivity index (χ2n) is 1.87. The van der Waals surface area contributed by atoms with Gasteiger partial charge in [0.2, 0.25) is 0 Å². The second-order valence-corrected chi connectivity index (χ2v) is 4.16. The van der Waals surface area contributed by atoms with Gasteiger partial charge in [0.15, 0.2) is 0 Å². The molecule has 1 aromatic heterocycles. The van der Waals surface area contributed by atoms with Crippen LogP contribution in [0.25, 0.3) is 0 Å². The average molecular weight is 345 g/mol. The molecular formula is C6H5Br3N2. The molecule has 0 saturated heterocycles. The first kappa shape index (κ1) is 9.48. The van der Waals surface area contributed by atoms with Gasteiger partial charge in [0, 0.05) is 0 Å². The SMILES string of the molecule is C=CCn1nc(Br)c(Br)c1Br. The molecule has 0 N–H and O–H groups in total. The van der Waals surface area contributed by atoms with E-state index in [4.69, 9.17) is 0 Å². The van der Waals surface area contributed by atoms with Crippen molar-refractivity contribution in [2.75, 3.05) is 0 Å². The van der Waals surface area contributed by atoms with Crippen LogP contribution < -0.4 is 0 Å². The van der Waals surface area contributed by atoms with Gasteiger partial charge in [-0.05, 0) is 47.8 Å². The van der Waals surface area contributed by atoms with Crippen molar-refractivity contribution in [1.29, 1.82) is 0 Å². The third-order valence-electron chi connectivity index (χ3n) is 1.10. The lowest BCUT2D eigenvalue weighted by atomic mass is 10.6. The van der Waals surface area contributed by atoms with E-state index in [0.29, 0.717) is 6.54 Å². The van der Waals surface area contributed by atoms with Crippen LogP contribution >= 0.6 is 47.8 Å². The minimum absolute atomic E-state index is 0.699. The number of nitrogens with zero attached hydrogens (tertiary/aromatic N) is 2. The van der Waals surface area contributed by atoms with Crippen molar-refractivity contribution in [1.82, 2.24) is 9.78 Å². The number of allylic oxidation sites excluding steroid dienone is 1.